The fourth-order valence-corrected chi connectivity index (χ4v) is 6.96. The average molecular weight is 1050 g/mol. The van der Waals surface area contributed by atoms with Crippen LogP contribution < -0.4 is 82.7 Å². The standard InChI is InChI=1S/C46H79N17O11/c1-25(2)22-34(43(72)61-32(16-11-21-55-46(52)53)42(71)62-33(44(73)74)17-18-35(49)64)63-37(66)26(3)57-36(65)24-56-40(69)30(14-8-9-19-47)60-41(70)31(15-10-20-54-45(50)51)59-38(67)27(4)58-39(68)29(48)23-28-12-6-5-7-13-28/h5-7,12-13,25-27,29-34H,8-11,14-24,47-48H2,1-4H3,(H2,49,64)(H,56,69)(H,57,65)(H,58,68)(H,59,67)(H,60,70)(H,61,72)(H,62,71)(H,63,66)(H,73,74)(H4,50,51,54)(H4,52,53,55)/t26-,27-,29-,30-,31-,32-,33-,34-/m0/s1. The van der Waals surface area contributed by atoms with Gasteiger partial charge in [0.15, 0.2) is 11.9 Å². The molecule has 1 rings (SSSR count). The molecule has 28 nitrogen and oxygen atoms in total. The van der Waals surface area contributed by atoms with E-state index in [0.29, 0.717) is 12.8 Å². The minimum absolute atomic E-state index is 0.00519. The van der Waals surface area contributed by atoms with Crippen molar-refractivity contribution in [1.82, 2.24) is 42.5 Å². The highest BCUT2D eigenvalue weighted by Crippen LogP contribution is 2.10. The minimum atomic E-state index is -1.52. The van der Waals surface area contributed by atoms with E-state index in [9.17, 15) is 53.1 Å². The van der Waals surface area contributed by atoms with Crippen molar-refractivity contribution in [3.05, 3.63) is 35.9 Å². The van der Waals surface area contributed by atoms with E-state index in [0.717, 1.165) is 5.56 Å². The number of aliphatic carboxylic acids is 1. The number of guanidine groups is 2. The number of carbonyl (C=O) groups is 10. The summed E-state index contributed by atoms with van der Waals surface area (Å²) in [5.41, 5.74) is 39.4. The van der Waals surface area contributed by atoms with Gasteiger partial charge in [-0.3, -0.25) is 53.1 Å². The van der Waals surface area contributed by atoms with Gasteiger partial charge in [-0.05, 0) is 96.1 Å². The zero-order valence-corrected chi connectivity index (χ0v) is 42.7. The molecule has 0 saturated heterocycles. The van der Waals surface area contributed by atoms with Crippen LogP contribution in [-0.4, -0.2) is 151 Å². The molecule has 0 aromatic heterocycles. The van der Waals surface area contributed by atoms with Gasteiger partial charge in [-0.2, -0.15) is 0 Å². The maximum atomic E-state index is 13.8. The Kier molecular flexibility index (Phi) is 30.2. The number of rotatable bonds is 36. The van der Waals surface area contributed by atoms with Crippen LogP contribution >= 0.6 is 0 Å². The molecule has 0 heterocycles. The SMILES string of the molecule is CC(C)C[C@H](NC(=O)[C@H](C)NC(=O)CNC(=O)[C@H](CCCCN)NC(=O)[C@H](CCCN=C(N)N)NC(=O)[C@H](C)NC(=O)[C@@H](N)Cc1ccccc1)C(=O)N[C@@H](CCCN=C(N)N)C(=O)N[C@@H](CCC(N)=O)C(=O)O. The first kappa shape index (κ1) is 64.4. The molecule has 28 heteroatoms. The van der Waals surface area contributed by atoms with Gasteiger partial charge in [0, 0.05) is 19.5 Å². The van der Waals surface area contributed by atoms with Gasteiger partial charge in [-0.1, -0.05) is 44.2 Å². The molecule has 414 valence electrons. The summed E-state index contributed by atoms with van der Waals surface area (Å²) in [6, 6.07) is -0.957. The van der Waals surface area contributed by atoms with Crippen LogP contribution in [0.25, 0.3) is 0 Å². The number of nitrogens with one attached hydrogen (secondary N) is 8. The van der Waals surface area contributed by atoms with E-state index in [4.69, 9.17) is 40.1 Å². The van der Waals surface area contributed by atoms with Crippen LogP contribution in [0.5, 0.6) is 0 Å². The molecule has 0 fully saturated rings. The first-order valence-corrected chi connectivity index (χ1v) is 24.4. The quantitative estimate of drug-likeness (QED) is 0.0170. The molecule has 8 atom stereocenters. The maximum Gasteiger partial charge on any atom is 0.326 e. The molecule has 0 aliphatic rings. The Balaban J connectivity index is 3.12. The number of nitrogens with zero attached hydrogens (tertiary/aromatic N) is 2. The van der Waals surface area contributed by atoms with Gasteiger partial charge in [0.2, 0.25) is 53.2 Å². The normalized spacial score (nSPS) is 14.1. The number of hydrogen-bond acceptors (Lipinski definition) is 14. The number of hydrogen-bond donors (Lipinski definition) is 16. The third-order valence-corrected chi connectivity index (χ3v) is 11.0. The summed E-state index contributed by atoms with van der Waals surface area (Å²) < 4.78 is 0. The van der Waals surface area contributed by atoms with Crippen molar-refractivity contribution < 1.29 is 53.1 Å². The van der Waals surface area contributed by atoms with E-state index in [2.05, 4.69) is 52.5 Å². The van der Waals surface area contributed by atoms with Gasteiger partial charge in [0.25, 0.3) is 0 Å². The highest BCUT2D eigenvalue weighted by molar-refractivity contribution is 5.97. The summed E-state index contributed by atoms with van der Waals surface area (Å²) >= 11 is 0. The van der Waals surface area contributed by atoms with Crippen LogP contribution in [0, 0.1) is 5.92 Å². The second kappa shape index (κ2) is 34.7. The van der Waals surface area contributed by atoms with Crippen LogP contribution in [0.2, 0.25) is 0 Å². The molecular formula is C46H79N17O11. The zero-order valence-electron chi connectivity index (χ0n) is 42.7. The number of carbonyl (C=O) groups excluding carboxylic acids is 9. The van der Waals surface area contributed by atoms with Crippen molar-refractivity contribution in [3.63, 3.8) is 0 Å². The molecule has 0 spiro atoms. The molecule has 1 aromatic rings. The molecule has 1 aromatic carbocycles. The van der Waals surface area contributed by atoms with Crippen LogP contribution in [0.1, 0.15) is 97.5 Å². The van der Waals surface area contributed by atoms with Crippen LogP contribution in [0.4, 0.5) is 0 Å². The number of primary amides is 1. The number of aliphatic imine (C=N–C) groups is 2. The van der Waals surface area contributed by atoms with E-state index in [1.807, 2.05) is 6.07 Å². The Morgan fingerprint density at radius 3 is 1.49 bits per heavy atom. The Labute approximate surface area is 430 Å². The van der Waals surface area contributed by atoms with E-state index < -0.39 is 114 Å². The van der Waals surface area contributed by atoms with Gasteiger partial charge < -0.3 is 87.8 Å². The van der Waals surface area contributed by atoms with Crippen LogP contribution in [0.15, 0.2) is 40.3 Å². The average Bonchev–Trinajstić information content (AvgIpc) is 3.32. The van der Waals surface area contributed by atoms with E-state index in [-0.39, 0.29) is 95.3 Å². The summed E-state index contributed by atoms with van der Waals surface area (Å²) in [4.78, 5) is 138. The van der Waals surface area contributed by atoms with Crippen molar-refractivity contribution in [2.45, 2.75) is 147 Å². The summed E-state index contributed by atoms with van der Waals surface area (Å²) in [6.07, 6.45) is 0.832. The first-order valence-electron chi connectivity index (χ1n) is 24.4. The Morgan fingerprint density at radius 2 is 1.00 bits per heavy atom. The summed E-state index contributed by atoms with van der Waals surface area (Å²) in [6.45, 7) is 6.03. The van der Waals surface area contributed by atoms with Crippen LogP contribution in [-0.2, 0) is 54.4 Å². The third kappa shape index (κ3) is 27.3. The monoisotopic (exact) mass is 1050 g/mol. The van der Waals surface area contributed by atoms with Crippen molar-refractivity contribution in [1.29, 1.82) is 0 Å². The topological polar surface area (TPSA) is 494 Å². The second-order valence-corrected chi connectivity index (χ2v) is 18.0. The summed E-state index contributed by atoms with van der Waals surface area (Å²) in [5.74, 6) is -9.09. The van der Waals surface area contributed by atoms with Crippen molar-refractivity contribution in [2.75, 3.05) is 26.2 Å². The lowest BCUT2D eigenvalue weighted by atomic mass is 10.0. The van der Waals surface area contributed by atoms with E-state index >= 15 is 0 Å². The smallest absolute Gasteiger partial charge is 0.326 e. The van der Waals surface area contributed by atoms with E-state index in [1.54, 1.807) is 38.1 Å². The van der Waals surface area contributed by atoms with Gasteiger partial charge in [0.05, 0.1) is 12.6 Å². The lowest BCUT2D eigenvalue weighted by Crippen LogP contribution is -2.58. The second-order valence-electron chi connectivity index (χ2n) is 18.0. The first-order chi connectivity index (χ1) is 34.8. The van der Waals surface area contributed by atoms with Crippen molar-refractivity contribution >= 4 is 71.1 Å². The predicted molar refractivity (Wildman–Crippen MR) is 274 cm³/mol. The van der Waals surface area contributed by atoms with Gasteiger partial charge in [-0.15, -0.1) is 0 Å². The third-order valence-electron chi connectivity index (χ3n) is 11.0. The maximum absolute atomic E-state index is 13.8. The van der Waals surface area contributed by atoms with Gasteiger partial charge in [-0.25, -0.2) is 4.79 Å². The van der Waals surface area contributed by atoms with Crippen molar-refractivity contribution in [3.8, 4) is 0 Å². The molecular weight excluding hydrogens is 967 g/mol. The van der Waals surface area contributed by atoms with Crippen LogP contribution in [0.3, 0.4) is 0 Å². The van der Waals surface area contributed by atoms with Gasteiger partial charge in [0.1, 0.15) is 42.3 Å². The largest absolute Gasteiger partial charge is 0.480 e. The van der Waals surface area contributed by atoms with E-state index in [1.165, 1.54) is 13.8 Å². The molecule has 0 aliphatic heterocycles. The van der Waals surface area contributed by atoms with Gasteiger partial charge >= 0.3 is 5.97 Å². The molecule has 0 aliphatic carbocycles. The summed E-state index contributed by atoms with van der Waals surface area (Å²) in [5, 5.41) is 29.7. The van der Waals surface area contributed by atoms with Crippen molar-refractivity contribution in [2.24, 2.45) is 56.0 Å². The number of amides is 9. The fourth-order valence-electron chi connectivity index (χ4n) is 6.96. The lowest BCUT2D eigenvalue weighted by molar-refractivity contribution is -0.142. The molecule has 0 radical (unpaired) electrons. The number of carboxylic acid groups (broad SMARTS) is 1. The Morgan fingerprint density at radius 1 is 0.541 bits per heavy atom. The molecule has 9 amide bonds. The predicted octanol–water partition coefficient (Wildman–Crippen LogP) is -5.26. The molecule has 23 N–H and O–H groups in total. The number of benzene rings is 1. The highest BCUT2D eigenvalue weighted by atomic mass is 16.4. The number of carboxylic acids is 1. The number of nitrogens with two attached hydrogens (primary N) is 7. The molecule has 74 heavy (non-hydrogen) atoms. The molecule has 0 bridgehead atoms. The highest BCUT2D eigenvalue weighted by Gasteiger charge is 2.32. The lowest BCUT2D eigenvalue weighted by Gasteiger charge is -2.26. The zero-order chi connectivity index (χ0) is 55.9. The number of unbranched alkanes of at least 4 members (excludes halogenated alkanes) is 1. The summed E-state index contributed by atoms with van der Waals surface area (Å²) in [7, 11) is 0. The Bertz CT molecular complexity index is 2090. The Hall–Kier alpha value is -7.62. The minimum Gasteiger partial charge on any atom is -0.480 e. The fraction of sp³-hybridized carbons (Fsp3) is 0.609. The molecule has 0 unspecified atom stereocenters. The molecule has 0 saturated carbocycles.